The normalized spacial score (nSPS) is 16.8. The predicted molar refractivity (Wildman–Crippen MR) is 88.5 cm³/mol. The molecule has 8 heteroatoms. The zero-order valence-corrected chi connectivity index (χ0v) is 14.4. The number of nitrogens with zero attached hydrogens (tertiary/aromatic N) is 2. The second-order valence-electron chi connectivity index (χ2n) is 7.03. The molecule has 1 aliphatic carbocycles. The first-order chi connectivity index (χ1) is 11.7. The lowest BCUT2D eigenvalue weighted by molar-refractivity contribution is -0.155. The maximum atomic E-state index is 12.7. The quantitative estimate of drug-likeness (QED) is 0.727. The van der Waals surface area contributed by atoms with E-state index in [9.17, 15) is 14.7 Å². The smallest absolute Gasteiger partial charge is 0.337 e. The maximum absolute atomic E-state index is 12.7. The average molecular weight is 347 g/mol. The highest BCUT2D eigenvalue weighted by Gasteiger charge is 2.32. The maximum Gasteiger partial charge on any atom is 0.337 e. The summed E-state index contributed by atoms with van der Waals surface area (Å²) in [4.78, 5) is 28.2. The summed E-state index contributed by atoms with van der Waals surface area (Å²) in [7, 11) is 0. The lowest BCUT2D eigenvalue weighted by Gasteiger charge is -2.18. The summed E-state index contributed by atoms with van der Waals surface area (Å²) in [5.41, 5.74) is 0.00629. The Kier molecular flexibility index (Phi) is 4.24. The molecule has 0 saturated heterocycles. The van der Waals surface area contributed by atoms with E-state index in [4.69, 9.17) is 9.63 Å². The van der Waals surface area contributed by atoms with Gasteiger partial charge in [0, 0.05) is 11.6 Å². The summed E-state index contributed by atoms with van der Waals surface area (Å²) in [5, 5.41) is 25.8. The molecule has 2 aromatic heterocycles. The van der Waals surface area contributed by atoms with Crippen LogP contribution in [0.4, 0.5) is 0 Å². The summed E-state index contributed by atoms with van der Waals surface area (Å²) in [5.74, 6) is -1.55. The number of carboxylic acids is 1. The minimum absolute atomic E-state index is 0.0310. The average Bonchev–Trinajstić information content (AvgIpc) is 3.30. The van der Waals surface area contributed by atoms with Crippen molar-refractivity contribution >= 4 is 23.0 Å². The first-order valence-electron chi connectivity index (χ1n) is 8.25. The number of carbonyl (C=O) groups excluding carboxylic acids is 1. The van der Waals surface area contributed by atoms with Crippen LogP contribution < -0.4 is 5.32 Å². The fourth-order valence-corrected chi connectivity index (χ4v) is 2.58. The van der Waals surface area contributed by atoms with E-state index in [-0.39, 0.29) is 5.92 Å². The van der Waals surface area contributed by atoms with Crippen LogP contribution in [0, 0.1) is 0 Å². The van der Waals surface area contributed by atoms with Gasteiger partial charge in [-0.1, -0.05) is 19.0 Å². The van der Waals surface area contributed by atoms with Crippen molar-refractivity contribution in [2.45, 2.75) is 51.0 Å². The second kappa shape index (κ2) is 6.11. The van der Waals surface area contributed by atoms with Gasteiger partial charge in [0.25, 0.3) is 11.6 Å². The summed E-state index contributed by atoms with van der Waals surface area (Å²) >= 11 is 0. The molecule has 25 heavy (non-hydrogen) atoms. The first-order valence-corrected chi connectivity index (χ1v) is 8.25. The van der Waals surface area contributed by atoms with Gasteiger partial charge in [0.1, 0.15) is 0 Å². The van der Waals surface area contributed by atoms with Gasteiger partial charge in [0.05, 0.1) is 23.2 Å². The number of aliphatic hydroxyl groups is 1. The molecule has 134 valence electrons. The number of aliphatic carboxylic acids is 1. The molecule has 8 nitrogen and oxygen atoms in total. The lowest BCUT2D eigenvalue weighted by Crippen LogP contribution is -2.46. The molecule has 1 unspecified atom stereocenters. The van der Waals surface area contributed by atoms with E-state index < -0.39 is 24.0 Å². The van der Waals surface area contributed by atoms with Gasteiger partial charge in [-0.05, 0) is 31.7 Å². The minimum Gasteiger partial charge on any atom is -0.479 e. The zero-order chi connectivity index (χ0) is 18.4. The number of hydrogen-bond donors (Lipinski definition) is 3. The highest BCUT2D eigenvalue weighted by atomic mass is 16.5. The van der Waals surface area contributed by atoms with Crippen LogP contribution in [0.5, 0.6) is 0 Å². The predicted octanol–water partition coefficient (Wildman–Crippen LogP) is 1.79. The van der Waals surface area contributed by atoms with Gasteiger partial charge < -0.3 is 20.1 Å². The van der Waals surface area contributed by atoms with Gasteiger partial charge in [-0.15, -0.1) is 0 Å². The summed E-state index contributed by atoms with van der Waals surface area (Å²) < 4.78 is 5.32. The molecule has 1 amide bonds. The minimum atomic E-state index is -2.04. The molecule has 0 spiro atoms. The van der Waals surface area contributed by atoms with Crippen LogP contribution in [0.2, 0.25) is 0 Å². The van der Waals surface area contributed by atoms with Gasteiger partial charge in [0.2, 0.25) is 0 Å². The Labute approximate surface area is 144 Å². The third kappa shape index (κ3) is 3.34. The highest BCUT2D eigenvalue weighted by molar-refractivity contribution is 6.06. The van der Waals surface area contributed by atoms with Crippen molar-refractivity contribution in [1.29, 1.82) is 0 Å². The summed E-state index contributed by atoms with van der Waals surface area (Å²) in [6.45, 7) is 4.59. The van der Waals surface area contributed by atoms with Gasteiger partial charge in [-0.3, -0.25) is 4.79 Å². The standard InChI is InChI=1S/C17H21N3O5/c1-8(2)13-12-10(14(21)18-7-17(3,24)16(22)23)6-11(9-4-5-9)19-15(12)25-20-13/h6,8-9,24H,4-5,7H2,1-3H3,(H,18,21)(H,22,23). The van der Waals surface area contributed by atoms with E-state index in [1.54, 1.807) is 6.07 Å². The topological polar surface area (TPSA) is 126 Å². The monoisotopic (exact) mass is 347 g/mol. The van der Waals surface area contributed by atoms with E-state index in [2.05, 4.69) is 15.5 Å². The SMILES string of the molecule is CC(C)c1noc2nc(C3CC3)cc(C(=O)NCC(C)(O)C(=O)O)c12. The van der Waals surface area contributed by atoms with E-state index in [1.807, 2.05) is 13.8 Å². The number of pyridine rings is 1. The van der Waals surface area contributed by atoms with Crippen LogP contribution in [0.15, 0.2) is 10.6 Å². The molecule has 2 aromatic rings. The van der Waals surface area contributed by atoms with Crippen LogP contribution in [-0.4, -0.2) is 44.4 Å². The Morgan fingerprint density at radius 1 is 1.44 bits per heavy atom. The molecule has 3 N–H and O–H groups in total. The first kappa shape index (κ1) is 17.3. The van der Waals surface area contributed by atoms with E-state index in [0.29, 0.717) is 28.3 Å². The van der Waals surface area contributed by atoms with Crippen molar-refractivity contribution in [2.24, 2.45) is 0 Å². The molecular weight excluding hydrogens is 326 g/mol. The lowest BCUT2D eigenvalue weighted by atomic mass is 10.0. The Morgan fingerprint density at radius 2 is 2.12 bits per heavy atom. The van der Waals surface area contributed by atoms with Gasteiger partial charge >= 0.3 is 5.97 Å². The molecule has 0 bridgehead atoms. The molecule has 1 fully saturated rings. The van der Waals surface area contributed by atoms with E-state index in [0.717, 1.165) is 25.5 Å². The number of fused-ring (bicyclic) bond motifs is 1. The second-order valence-corrected chi connectivity index (χ2v) is 7.03. The van der Waals surface area contributed by atoms with Crippen molar-refractivity contribution in [1.82, 2.24) is 15.5 Å². The molecular formula is C17H21N3O5. The van der Waals surface area contributed by atoms with Crippen LogP contribution in [-0.2, 0) is 4.79 Å². The molecule has 3 rings (SSSR count). The van der Waals surface area contributed by atoms with Gasteiger partial charge in [0.15, 0.2) is 5.60 Å². The Hall–Kier alpha value is -2.48. The van der Waals surface area contributed by atoms with Crippen LogP contribution >= 0.6 is 0 Å². The molecule has 0 radical (unpaired) electrons. The number of carbonyl (C=O) groups is 2. The third-order valence-corrected chi connectivity index (χ3v) is 4.33. The van der Waals surface area contributed by atoms with Crippen LogP contribution in [0.25, 0.3) is 11.1 Å². The largest absolute Gasteiger partial charge is 0.479 e. The van der Waals surface area contributed by atoms with Crippen LogP contribution in [0.1, 0.15) is 67.2 Å². The van der Waals surface area contributed by atoms with Gasteiger partial charge in [-0.25, -0.2) is 9.78 Å². The number of hydrogen-bond acceptors (Lipinski definition) is 6. The molecule has 2 heterocycles. The fourth-order valence-electron chi connectivity index (χ4n) is 2.58. The van der Waals surface area contributed by atoms with E-state index >= 15 is 0 Å². The Morgan fingerprint density at radius 3 is 2.68 bits per heavy atom. The number of amides is 1. The van der Waals surface area contributed by atoms with Crippen molar-refractivity contribution < 1.29 is 24.3 Å². The molecule has 0 aliphatic heterocycles. The fraction of sp³-hybridized carbons (Fsp3) is 0.529. The highest BCUT2D eigenvalue weighted by Crippen LogP contribution is 2.41. The van der Waals surface area contributed by atoms with Crippen molar-refractivity contribution in [3.05, 3.63) is 23.0 Å². The Bertz CT molecular complexity index is 836. The number of nitrogens with one attached hydrogen (secondary N) is 1. The van der Waals surface area contributed by atoms with Crippen molar-refractivity contribution in [3.8, 4) is 0 Å². The van der Waals surface area contributed by atoms with Crippen molar-refractivity contribution in [3.63, 3.8) is 0 Å². The third-order valence-electron chi connectivity index (χ3n) is 4.33. The molecule has 1 atom stereocenters. The van der Waals surface area contributed by atoms with Crippen molar-refractivity contribution in [2.75, 3.05) is 6.54 Å². The van der Waals surface area contributed by atoms with E-state index in [1.165, 1.54) is 0 Å². The summed E-state index contributed by atoms with van der Waals surface area (Å²) in [6.07, 6.45) is 2.02. The number of carboxylic acid groups (broad SMARTS) is 1. The Balaban J connectivity index is 1.99. The van der Waals surface area contributed by atoms with Crippen LogP contribution in [0.3, 0.4) is 0 Å². The number of aromatic nitrogens is 2. The zero-order valence-electron chi connectivity index (χ0n) is 14.4. The molecule has 1 saturated carbocycles. The molecule has 1 aliphatic rings. The van der Waals surface area contributed by atoms with Gasteiger partial charge in [-0.2, -0.15) is 0 Å². The number of rotatable bonds is 6. The molecule has 0 aromatic carbocycles. The summed E-state index contributed by atoms with van der Waals surface area (Å²) in [6, 6.07) is 1.72.